The number of oxime groups is 1. The normalized spacial score (nSPS) is 13.8. The van der Waals surface area contributed by atoms with Crippen LogP contribution < -0.4 is 10.1 Å². The van der Waals surface area contributed by atoms with Crippen molar-refractivity contribution in [1.29, 1.82) is 0 Å². The van der Waals surface area contributed by atoms with Crippen molar-refractivity contribution in [1.82, 2.24) is 0 Å². The molecule has 3 rings (SSSR count). The maximum absolute atomic E-state index is 11.4. The van der Waals surface area contributed by atoms with Crippen LogP contribution in [0.3, 0.4) is 0 Å². The van der Waals surface area contributed by atoms with E-state index in [9.17, 15) is 4.79 Å². The predicted molar refractivity (Wildman–Crippen MR) is 101 cm³/mol. The van der Waals surface area contributed by atoms with Crippen molar-refractivity contribution in [2.45, 2.75) is 32.1 Å². The van der Waals surface area contributed by atoms with Gasteiger partial charge in [0, 0.05) is 18.5 Å². The Labute approximate surface area is 152 Å². The fourth-order valence-electron chi connectivity index (χ4n) is 2.81. The van der Waals surface area contributed by atoms with Crippen LogP contribution in [0.5, 0.6) is 5.75 Å². The van der Waals surface area contributed by atoms with Gasteiger partial charge in [-0.25, -0.2) is 0 Å². The lowest BCUT2D eigenvalue weighted by Gasteiger charge is -2.17. The highest BCUT2D eigenvalue weighted by Gasteiger charge is 2.15. The summed E-state index contributed by atoms with van der Waals surface area (Å²) >= 11 is 3.69. The standard InChI is InChI=1S/C19H20N2O3S/c22-18-12-9-15-13-16(10-11-17(15)20-18)23-19(21-24-25)8-4-7-14-5-2-1-3-6-14/h1-3,5-6,10-11,13,25H,4,7-9,12H2,(H,20,22). The average molecular weight is 356 g/mol. The van der Waals surface area contributed by atoms with Crippen molar-refractivity contribution < 1.29 is 13.8 Å². The van der Waals surface area contributed by atoms with Gasteiger partial charge < -0.3 is 14.3 Å². The molecular formula is C19H20N2O3S. The summed E-state index contributed by atoms with van der Waals surface area (Å²) in [6.07, 6.45) is 3.67. The summed E-state index contributed by atoms with van der Waals surface area (Å²) < 4.78 is 10.5. The number of aryl methyl sites for hydroxylation is 2. The minimum atomic E-state index is 0.0489. The lowest BCUT2D eigenvalue weighted by atomic mass is 10.0. The van der Waals surface area contributed by atoms with Crippen molar-refractivity contribution in [3.63, 3.8) is 0 Å². The Morgan fingerprint density at radius 1 is 1.16 bits per heavy atom. The largest absolute Gasteiger partial charge is 0.440 e. The number of fused-ring (bicyclic) bond motifs is 1. The van der Waals surface area contributed by atoms with Crippen LogP contribution in [0.4, 0.5) is 5.69 Å². The Morgan fingerprint density at radius 3 is 2.80 bits per heavy atom. The number of nitrogens with one attached hydrogen (secondary N) is 1. The summed E-state index contributed by atoms with van der Waals surface area (Å²) in [6.45, 7) is 0. The third-order valence-corrected chi connectivity index (χ3v) is 4.13. The first kappa shape index (κ1) is 17.4. The van der Waals surface area contributed by atoms with Crippen molar-refractivity contribution in [3.8, 4) is 5.75 Å². The van der Waals surface area contributed by atoms with Gasteiger partial charge in [0.2, 0.25) is 11.8 Å². The number of hydrogen-bond donors (Lipinski definition) is 2. The number of rotatable bonds is 6. The summed E-state index contributed by atoms with van der Waals surface area (Å²) in [6, 6.07) is 15.9. The lowest BCUT2D eigenvalue weighted by molar-refractivity contribution is -0.116. The molecule has 0 spiro atoms. The van der Waals surface area contributed by atoms with Crippen LogP contribution in [0.25, 0.3) is 0 Å². The molecule has 130 valence electrons. The van der Waals surface area contributed by atoms with Crippen molar-refractivity contribution in [2.75, 3.05) is 5.32 Å². The number of hydrogen-bond acceptors (Lipinski definition) is 5. The molecule has 0 saturated heterocycles. The van der Waals surface area contributed by atoms with Crippen molar-refractivity contribution >= 4 is 30.4 Å². The van der Waals surface area contributed by atoms with Crippen LogP contribution in [-0.2, 0) is 21.9 Å². The molecule has 0 bridgehead atoms. The first-order valence-electron chi connectivity index (χ1n) is 8.26. The van der Waals surface area contributed by atoms with Crippen LogP contribution in [0.15, 0.2) is 53.7 Å². The molecule has 1 amide bonds. The predicted octanol–water partition coefficient (Wildman–Crippen LogP) is 4.15. The van der Waals surface area contributed by atoms with Gasteiger partial charge in [-0.3, -0.25) is 4.79 Å². The van der Waals surface area contributed by atoms with E-state index in [1.165, 1.54) is 5.56 Å². The fraction of sp³-hybridized carbons (Fsp3) is 0.263. The molecule has 1 aliphatic heterocycles. The fourth-order valence-corrected chi connectivity index (χ4v) is 2.90. The van der Waals surface area contributed by atoms with E-state index in [4.69, 9.17) is 4.74 Å². The number of thiol groups is 1. The van der Waals surface area contributed by atoms with Crippen LogP contribution in [0.2, 0.25) is 0 Å². The van der Waals surface area contributed by atoms with Gasteiger partial charge in [0.1, 0.15) is 5.75 Å². The molecule has 0 aliphatic carbocycles. The quantitative estimate of drug-likeness (QED) is 0.269. The molecule has 2 aromatic carbocycles. The van der Waals surface area contributed by atoms with E-state index < -0.39 is 0 Å². The molecule has 0 radical (unpaired) electrons. The summed E-state index contributed by atoms with van der Waals surface area (Å²) in [5.41, 5.74) is 3.18. The molecule has 1 N–H and O–H groups in total. The molecule has 1 aliphatic rings. The Hall–Kier alpha value is -2.47. The maximum atomic E-state index is 11.4. The molecule has 5 nitrogen and oxygen atoms in total. The van der Waals surface area contributed by atoms with E-state index in [1.807, 2.05) is 36.4 Å². The number of anilines is 1. The summed E-state index contributed by atoms with van der Waals surface area (Å²) in [5, 5.41) is 6.72. The maximum Gasteiger partial charge on any atom is 0.232 e. The molecule has 0 aromatic heterocycles. The zero-order chi connectivity index (χ0) is 17.5. The third-order valence-electron chi connectivity index (χ3n) is 4.05. The Bertz CT molecular complexity index is 763. The van der Waals surface area contributed by atoms with Gasteiger partial charge in [0.15, 0.2) is 0 Å². The minimum absolute atomic E-state index is 0.0489. The van der Waals surface area contributed by atoms with Gasteiger partial charge in [-0.1, -0.05) is 30.3 Å². The first-order chi connectivity index (χ1) is 12.2. The summed E-state index contributed by atoms with van der Waals surface area (Å²) in [7, 11) is 0. The molecule has 0 fully saturated rings. The monoisotopic (exact) mass is 356 g/mol. The van der Waals surface area contributed by atoms with Gasteiger partial charge >= 0.3 is 0 Å². The van der Waals surface area contributed by atoms with E-state index >= 15 is 0 Å². The number of nitrogens with zero attached hydrogens (tertiary/aromatic N) is 1. The summed E-state index contributed by atoms with van der Waals surface area (Å²) in [5.74, 6) is 1.21. The van der Waals surface area contributed by atoms with Crippen molar-refractivity contribution in [3.05, 3.63) is 59.7 Å². The molecule has 1 heterocycles. The summed E-state index contributed by atoms with van der Waals surface area (Å²) in [4.78, 5) is 11.4. The zero-order valence-electron chi connectivity index (χ0n) is 13.8. The van der Waals surface area contributed by atoms with E-state index in [0.29, 0.717) is 30.9 Å². The minimum Gasteiger partial charge on any atom is -0.440 e. The molecule has 0 unspecified atom stereocenters. The number of carbonyl (C=O) groups excluding carboxylic acids is 1. The molecule has 6 heteroatoms. The average Bonchev–Trinajstić information content (AvgIpc) is 2.63. The SMILES string of the molecule is O=C1CCc2cc(OC(CCCc3ccccc3)=NOS)ccc2N1. The second kappa shape index (κ2) is 8.58. The number of benzene rings is 2. The van der Waals surface area contributed by atoms with E-state index in [0.717, 1.165) is 24.1 Å². The first-order valence-corrected chi connectivity index (χ1v) is 8.63. The second-order valence-electron chi connectivity index (χ2n) is 5.88. The number of ether oxygens (including phenoxy) is 1. The molecular weight excluding hydrogens is 336 g/mol. The number of amides is 1. The molecule has 0 atom stereocenters. The van der Waals surface area contributed by atoms with Crippen LogP contribution in [-0.4, -0.2) is 11.8 Å². The van der Waals surface area contributed by atoms with Crippen LogP contribution in [0.1, 0.15) is 30.4 Å². The highest BCUT2D eigenvalue weighted by molar-refractivity contribution is 7.75. The second-order valence-corrected chi connectivity index (χ2v) is 6.04. The van der Waals surface area contributed by atoms with E-state index in [-0.39, 0.29) is 5.91 Å². The van der Waals surface area contributed by atoms with Gasteiger partial charge in [-0.2, -0.15) is 0 Å². The highest BCUT2D eigenvalue weighted by atomic mass is 32.1. The zero-order valence-corrected chi connectivity index (χ0v) is 14.7. The van der Waals surface area contributed by atoms with Crippen LogP contribution >= 0.6 is 12.9 Å². The van der Waals surface area contributed by atoms with Gasteiger partial charge in [-0.15, -0.1) is 0 Å². The van der Waals surface area contributed by atoms with E-state index in [1.54, 1.807) is 0 Å². The number of carbonyl (C=O) groups is 1. The van der Waals surface area contributed by atoms with Gasteiger partial charge in [0.05, 0.1) is 12.9 Å². The lowest BCUT2D eigenvalue weighted by Crippen LogP contribution is -2.19. The van der Waals surface area contributed by atoms with Crippen molar-refractivity contribution in [2.24, 2.45) is 5.16 Å². The van der Waals surface area contributed by atoms with Crippen LogP contribution in [0, 0.1) is 0 Å². The third kappa shape index (κ3) is 5.00. The Morgan fingerprint density at radius 2 is 2.00 bits per heavy atom. The smallest absolute Gasteiger partial charge is 0.232 e. The highest BCUT2D eigenvalue weighted by Crippen LogP contribution is 2.27. The topological polar surface area (TPSA) is 59.9 Å². The van der Waals surface area contributed by atoms with Gasteiger partial charge in [0.25, 0.3) is 0 Å². The van der Waals surface area contributed by atoms with Gasteiger partial charge in [-0.05, 0) is 53.7 Å². The molecule has 25 heavy (non-hydrogen) atoms. The molecule has 2 aromatic rings. The Kier molecular flexibility index (Phi) is 5.95. The molecule has 0 saturated carbocycles. The van der Waals surface area contributed by atoms with E-state index in [2.05, 4.69) is 39.8 Å². The Balaban J connectivity index is 1.60.